The average Bonchev–Trinajstić information content (AvgIpc) is 2.41. The highest BCUT2D eigenvalue weighted by Crippen LogP contribution is 2.27. The van der Waals surface area contributed by atoms with Crippen LogP contribution in [0.4, 0.5) is 0 Å². The molecule has 0 aliphatic rings. The molecule has 1 rings (SSSR count). The second kappa shape index (κ2) is 4.94. The Bertz CT molecular complexity index is 343. The number of rotatable bonds is 3. The molecule has 0 N–H and O–H groups in total. The van der Waals surface area contributed by atoms with E-state index in [1.807, 2.05) is 13.0 Å². The van der Waals surface area contributed by atoms with Crippen LogP contribution in [0.1, 0.15) is 9.75 Å². The first-order valence-corrected chi connectivity index (χ1v) is 5.80. The maximum atomic E-state index is 10.9. The number of allylic oxidation sites excluding steroid dienone is 1. The maximum Gasteiger partial charge on any atom is 0.170 e. The van der Waals surface area contributed by atoms with Crippen LogP contribution in [0.15, 0.2) is 16.6 Å². The van der Waals surface area contributed by atoms with E-state index in [4.69, 9.17) is 11.6 Å². The van der Waals surface area contributed by atoms with Crippen LogP contribution in [0.5, 0.6) is 0 Å². The summed E-state index contributed by atoms with van der Waals surface area (Å²) in [6, 6.07) is 2.02. The Morgan fingerprint density at radius 2 is 2.46 bits per heavy atom. The van der Waals surface area contributed by atoms with Gasteiger partial charge in [0.05, 0.1) is 5.88 Å². The molecule has 0 aliphatic heterocycles. The smallest absolute Gasteiger partial charge is 0.170 e. The van der Waals surface area contributed by atoms with Gasteiger partial charge in [0.1, 0.15) is 0 Å². The fraction of sp³-hybridized carbons (Fsp3) is 0.222. The number of hydrogen-bond acceptors (Lipinski definition) is 2. The standard InChI is InChI=1S/C9H8BrClOS/c1-6-4-8(10)9(13-6)3-2-7(12)5-11/h2-4H,5H2,1H3. The van der Waals surface area contributed by atoms with Gasteiger partial charge in [-0.3, -0.25) is 4.79 Å². The number of carbonyl (C=O) groups is 1. The zero-order chi connectivity index (χ0) is 9.84. The molecule has 13 heavy (non-hydrogen) atoms. The highest BCUT2D eigenvalue weighted by Gasteiger charge is 2.00. The largest absolute Gasteiger partial charge is 0.294 e. The fourth-order valence-corrected chi connectivity index (χ4v) is 2.60. The van der Waals surface area contributed by atoms with Gasteiger partial charge in [0, 0.05) is 14.2 Å². The van der Waals surface area contributed by atoms with Gasteiger partial charge in [-0.15, -0.1) is 22.9 Å². The van der Waals surface area contributed by atoms with Crippen molar-refractivity contribution in [3.8, 4) is 0 Å². The van der Waals surface area contributed by atoms with Gasteiger partial charge in [-0.05, 0) is 41.1 Å². The van der Waals surface area contributed by atoms with Crippen LogP contribution < -0.4 is 0 Å². The van der Waals surface area contributed by atoms with Crippen LogP contribution >= 0.6 is 38.9 Å². The molecule has 0 bridgehead atoms. The molecule has 1 heterocycles. The summed E-state index contributed by atoms with van der Waals surface area (Å²) in [7, 11) is 0. The van der Waals surface area contributed by atoms with Crippen LogP contribution in [-0.2, 0) is 4.79 Å². The highest BCUT2D eigenvalue weighted by molar-refractivity contribution is 9.10. The van der Waals surface area contributed by atoms with Gasteiger partial charge >= 0.3 is 0 Å². The molecular formula is C9H8BrClOS. The summed E-state index contributed by atoms with van der Waals surface area (Å²) < 4.78 is 1.02. The molecule has 0 aliphatic carbocycles. The van der Waals surface area contributed by atoms with Crippen molar-refractivity contribution in [1.82, 2.24) is 0 Å². The minimum atomic E-state index is -0.0698. The summed E-state index contributed by atoms with van der Waals surface area (Å²) in [6.07, 6.45) is 3.29. The minimum Gasteiger partial charge on any atom is -0.294 e. The molecule has 1 aromatic rings. The number of hydrogen-bond donors (Lipinski definition) is 0. The van der Waals surface area contributed by atoms with E-state index in [0.29, 0.717) is 0 Å². The minimum absolute atomic E-state index is 0.0402. The van der Waals surface area contributed by atoms with Crippen molar-refractivity contribution in [3.63, 3.8) is 0 Å². The van der Waals surface area contributed by atoms with Crippen LogP contribution in [0.3, 0.4) is 0 Å². The predicted molar refractivity (Wildman–Crippen MR) is 61.5 cm³/mol. The van der Waals surface area contributed by atoms with Crippen LogP contribution in [0.2, 0.25) is 0 Å². The number of ketones is 1. The molecule has 0 radical (unpaired) electrons. The van der Waals surface area contributed by atoms with Crippen LogP contribution in [-0.4, -0.2) is 11.7 Å². The quantitative estimate of drug-likeness (QED) is 0.610. The monoisotopic (exact) mass is 278 g/mol. The molecule has 70 valence electrons. The fourth-order valence-electron chi connectivity index (χ4n) is 0.828. The molecule has 0 aromatic carbocycles. The first kappa shape index (κ1) is 11.0. The Morgan fingerprint density at radius 1 is 1.77 bits per heavy atom. The van der Waals surface area contributed by atoms with Crippen molar-refractivity contribution in [1.29, 1.82) is 0 Å². The Hall–Kier alpha value is -0.120. The van der Waals surface area contributed by atoms with Gasteiger partial charge in [-0.1, -0.05) is 0 Å². The molecule has 0 unspecified atom stereocenters. The lowest BCUT2D eigenvalue weighted by molar-refractivity contribution is -0.112. The number of carbonyl (C=O) groups excluding carboxylic acids is 1. The molecule has 0 saturated heterocycles. The molecule has 0 fully saturated rings. The predicted octanol–water partition coefficient (Wildman–Crippen LogP) is 3.64. The van der Waals surface area contributed by atoms with Crippen molar-refractivity contribution in [2.75, 3.05) is 5.88 Å². The lowest BCUT2D eigenvalue weighted by Gasteiger charge is -1.86. The third-order valence-electron chi connectivity index (χ3n) is 1.39. The average molecular weight is 280 g/mol. The van der Waals surface area contributed by atoms with Crippen molar-refractivity contribution < 1.29 is 4.79 Å². The summed E-state index contributed by atoms with van der Waals surface area (Å²) in [5.41, 5.74) is 0. The normalized spacial score (nSPS) is 11.0. The molecule has 0 saturated carbocycles. The van der Waals surface area contributed by atoms with E-state index < -0.39 is 0 Å². The van der Waals surface area contributed by atoms with Gasteiger partial charge in [0.2, 0.25) is 0 Å². The summed E-state index contributed by atoms with van der Waals surface area (Å²) in [4.78, 5) is 13.1. The van der Waals surface area contributed by atoms with E-state index in [1.54, 1.807) is 17.4 Å². The topological polar surface area (TPSA) is 17.1 Å². The molecule has 0 spiro atoms. The number of thiophene rings is 1. The summed E-state index contributed by atoms with van der Waals surface area (Å²) in [5.74, 6) is -0.0296. The molecule has 0 amide bonds. The van der Waals surface area contributed by atoms with Crippen molar-refractivity contribution in [2.45, 2.75) is 6.92 Å². The number of alkyl halides is 1. The number of halogens is 2. The van der Waals surface area contributed by atoms with Crippen molar-refractivity contribution >= 4 is 50.7 Å². The Balaban J connectivity index is 2.79. The Labute approximate surface area is 94.5 Å². The summed E-state index contributed by atoms with van der Waals surface area (Å²) in [5, 5.41) is 0. The first-order chi connectivity index (χ1) is 6.13. The zero-order valence-electron chi connectivity index (χ0n) is 7.01. The zero-order valence-corrected chi connectivity index (χ0v) is 10.2. The van der Waals surface area contributed by atoms with E-state index in [1.165, 1.54) is 11.0 Å². The summed E-state index contributed by atoms with van der Waals surface area (Å²) >= 11 is 10.4. The third kappa shape index (κ3) is 3.25. The Morgan fingerprint density at radius 3 is 2.92 bits per heavy atom. The van der Waals surface area contributed by atoms with E-state index >= 15 is 0 Å². The highest BCUT2D eigenvalue weighted by atomic mass is 79.9. The molecule has 1 aromatic heterocycles. The van der Waals surface area contributed by atoms with Gasteiger partial charge in [0.25, 0.3) is 0 Å². The lowest BCUT2D eigenvalue weighted by Crippen LogP contribution is -1.91. The van der Waals surface area contributed by atoms with Crippen LogP contribution in [0, 0.1) is 6.92 Å². The molecule has 1 nitrogen and oxygen atoms in total. The van der Waals surface area contributed by atoms with Gasteiger partial charge in [0.15, 0.2) is 5.78 Å². The van der Waals surface area contributed by atoms with Gasteiger partial charge in [-0.2, -0.15) is 0 Å². The van der Waals surface area contributed by atoms with E-state index in [0.717, 1.165) is 9.35 Å². The van der Waals surface area contributed by atoms with Crippen molar-refractivity contribution in [3.05, 3.63) is 26.4 Å². The van der Waals surface area contributed by atoms with Gasteiger partial charge < -0.3 is 0 Å². The molecular weight excluding hydrogens is 272 g/mol. The van der Waals surface area contributed by atoms with E-state index in [-0.39, 0.29) is 11.7 Å². The van der Waals surface area contributed by atoms with E-state index in [2.05, 4.69) is 15.9 Å². The lowest BCUT2D eigenvalue weighted by atomic mass is 10.3. The Kier molecular flexibility index (Phi) is 4.16. The second-order valence-electron chi connectivity index (χ2n) is 2.50. The first-order valence-electron chi connectivity index (χ1n) is 3.66. The summed E-state index contributed by atoms with van der Waals surface area (Å²) in [6.45, 7) is 2.02. The second-order valence-corrected chi connectivity index (χ2v) is 4.91. The molecule has 4 heteroatoms. The van der Waals surface area contributed by atoms with Crippen LogP contribution in [0.25, 0.3) is 6.08 Å². The molecule has 0 atom stereocenters. The SMILES string of the molecule is Cc1cc(Br)c(C=CC(=O)CCl)s1. The van der Waals surface area contributed by atoms with E-state index in [9.17, 15) is 4.79 Å². The third-order valence-corrected chi connectivity index (χ3v) is 3.59. The maximum absolute atomic E-state index is 10.9. The number of aryl methyl sites for hydroxylation is 1. The van der Waals surface area contributed by atoms with Crippen molar-refractivity contribution in [2.24, 2.45) is 0 Å². The van der Waals surface area contributed by atoms with Gasteiger partial charge in [-0.25, -0.2) is 0 Å².